The van der Waals surface area contributed by atoms with E-state index in [4.69, 9.17) is 4.74 Å². The third kappa shape index (κ3) is 5.69. The first-order valence-corrected chi connectivity index (χ1v) is 7.13. The maximum atomic E-state index is 6.06. The van der Waals surface area contributed by atoms with Crippen molar-refractivity contribution < 1.29 is 4.74 Å². The molecular formula is C15H28O. The zero-order valence-electron chi connectivity index (χ0n) is 10.9. The van der Waals surface area contributed by atoms with Crippen LogP contribution in [0.4, 0.5) is 0 Å². The molecule has 1 aliphatic rings. The third-order valence-electron chi connectivity index (χ3n) is 3.50. The van der Waals surface area contributed by atoms with Crippen LogP contribution in [0.25, 0.3) is 0 Å². The van der Waals surface area contributed by atoms with E-state index in [-0.39, 0.29) is 0 Å². The number of hydrogen-bond acceptors (Lipinski definition) is 1. The minimum Gasteiger partial charge on any atom is -0.375 e. The van der Waals surface area contributed by atoms with E-state index in [1.54, 1.807) is 0 Å². The van der Waals surface area contributed by atoms with Crippen LogP contribution in [0.15, 0.2) is 12.7 Å². The van der Waals surface area contributed by atoms with Gasteiger partial charge in [-0.05, 0) is 32.1 Å². The molecule has 16 heavy (non-hydrogen) atoms. The molecule has 1 saturated heterocycles. The molecule has 2 atom stereocenters. The summed E-state index contributed by atoms with van der Waals surface area (Å²) in [5.74, 6) is 0. The van der Waals surface area contributed by atoms with Crippen molar-refractivity contribution >= 4 is 0 Å². The Kier molecular flexibility index (Phi) is 7.58. The summed E-state index contributed by atoms with van der Waals surface area (Å²) in [5.41, 5.74) is 0. The highest BCUT2D eigenvalue weighted by Gasteiger charge is 2.20. The van der Waals surface area contributed by atoms with Crippen molar-refractivity contribution in [1.82, 2.24) is 0 Å². The molecular weight excluding hydrogens is 196 g/mol. The lowest BCUT2D eigenvalue weighted by atomic mass is 9.98. The molecule has 1 heteroatoms. The zero-order chi connectivity index (χ0) is 11.6. The van der Waals surface area contributed by atoms with E-state index in [9.17, 15) is 0 Å². The lowest BCUT2D eigenvalue weighted by Gasteiger charge is -2.29. The Morgan fingerprint density at radius 2 is 1.88 bits per heavy atom. The van der Waals surface area contributed by atoms with Crippen LogP contribution < -0.4 is 0 Å². The van der Waals surface area contributed by atoms with Crippen LogP contribution in [0, 0.1) is 0 Å². The molecule has 1 aliphatic heterocycles. The van der Waals surface area contributed by atoms with Crippen LogP contribution in [0.3, 0.4) is 0 Å². The van der Waals surface area contributed by atoms with E-state index < -0.39 is 0 Å². The number of hydrogen-bond donors (Lipinski definition) is 0. The summed E-state index contributed by atoms with van der Waals surface area (Å²) in [6.07, 6.45) is 16.0. The first-order chi connectivity index (χ1) is 7.86. The van der Waals surface area contributed by atoms with Crippen molar-refractivity contribution in [2.75, 3.05) is 0 Å². The Balaban J connectivity index is 2.05. The highest BCUT2D eigenvalue weighted by atomic mass is 16.5. The predicted molar refractivity (Wildman–Crippen MR) is 70.7 cm³/mol. The van der Waals surface area contributed by atoms with E-state index in [2.05, 4.69) is 13.5 Å². The average Bonchev–Trinajstić information content (AvgIpc) is 2.30. The zero-order valence-corrected chi connectivity index (χ0v) is 10.9. The summed E-state index contributed by atoms with van der Waals surface area (Å²) in [6, 6.07) is 0. The maximum Gasteiger partial charge on any atom is 0.0613 e. The molecule has 0 spiro atoms. The Morgan fingerprint density at radius 3 is 2.62 bits per heavy atom. The Bertz CT molecular complexity index is 176. The Labute approximate surface area is 101 Å². The standard InChI is InChI=1S/C15H28O/c1-3-5-6-7-8-11-15-13-9-12-14(16-15)10-4-2/h4,14-15H,2-3,5-13H2,1H3/t14-,15-/m0/s1. The van der Waals surface area contributed by atoms with Crippen molar-refractivity contribution in [3.05, 3.63) is 12.7 Å². The first kappa shape index (κ1) is 13.8. The highest BCUT2D eigenvalue weighted by Crippen LogP contribution is 2.24. The van der Waals surface area contributed by atoms with Crippen LogP contribution in [-0.4, -0.2) is 12.2 Å². The molecule has 1 rings (SSSR count). The third-order valence-corrected chi connectivity index (χ3v) is 3.50. The summed E-state index contributed by atoms with van der Waals surface area (Å²) in [6.45, 7) is 6.06. The Hall–Kier alpha value is -0.300. The van der Waals surface area contributed by atoms with Crippen molar-refractivity contribution in [2.45, 2.75) is 83.3 Å². The number of unbranched alkanes of at least 4 members (excludes halogenated alkanes) is 4. The Morgan fingerprint density at radius 1 is 1.12 bits per heavy atom. The van der Waals surface area contributed by atoms with E-state index in [0.717, 1.165) is 6.42 Å². The van der Waals surface area contributed by atoms with Gasteiger partial charge >= 0.3 is 0 Å². The molecule has 1 fully saturated rings. The van der Waals surface area contributed by atoms with E-state index >= 15 is 0 Å². The molecule has 0 aromatic carbocycles. The maximum absolute atomic E-state index is 6.06. The minimum atomic E-state index is 0.465. The number of rotatable bonds is 8. The van der Waals surface area contributed by atoms with Gasteiger partial charge in [0.25, 0.3) is 0 Å². The molecule has 1 heterocycles. The van der Waals surface area contributed by atoms with Gasteiger partial charge in [0.1, 0.15) is 0 Å². The molecule has 0 amide bonds. The summed E-state index contributed by atoms with van der Waals surface area (Å²) < 4.78 is 6.06. The van der Waals surface area contributed by atoms with Gasteiger partial charge in [-0.2, -0.15) is 0 Å². The van der Waals surface area contributed by atoms with Gasteiger partial charge in [0, 0.05) is 0 Å². The molecule has 0 N–H and O–H groups in total. The van der Waals surface area contributed by atoms with Gasteiger partial charge in [0.2, 0.25) is 0 Å². The molecule has 0 aromatic heterocycles. The van der Waals surface area contributed by atoms with Crippen LogP contribution in [0.5, 0.6) is 0 Å². The second kappa shape index (κ2) is 8.81. The minimum absolute atomic E-state index is 0.465. The van der Waals surface area contributed by atoms with Crippen LogP contribution >= 0.6 is 0 Å². The van der Waals surface area contributed by atoms with Crippen LogP contribution in [0.2, 0.25) is 0 Å². The fourth-order valence-corrected chi connectivity index (χ4v) is 2.53. The van der Waals surface area contributed by atoms with Gasteiger partial charge < -0.3 is 4.74 Å². The SMILES string of the molecule is C=CC[C@H]1CCC[C@H](CCCCCCC)O1. The quantitative estimate of drug-likeness (QED) is 0.422. The molecule has 1 nitrogen and oxygen atoms in total. The van der Waals surface area contributed by atoms with Gasteiger partial charge in [0.05, 0.1) is 12.2 Å². The fraction of sp³-hybridized carbons (Fsp3) is 0.867. The number of ether oxygens (including phenoxy) is 1. The van der Waals surface area contributed by atoms with Gasteiger partial charge in [-0.15, -0.1) is 6.58 Å². The van der Waals surface area contributed by atoms with E-state index in [0.29, 0.717) is 12.2 Å². The monoisotopic (exact) mass is 224 g/mol. The molecule has 0 aliphatic carbocycles. The topological polar surface area (TPSA) is 9.23 Å². The normalized spacial score (nSPS) is 25.6. The van der Waals surface area contributed by atoms with Crippen molar-refractivity contribution in [1.29, 1.82) is 0 Å². The fourth-order valence-electron chi connectivity index (χ4n) is 2.53. The largest absolute Gasteiger partial charge is 0.375 e. The predicted octanol–water partition coefficient (Wildman–Crippen LogP) is 4.86. The van der Waals surface area contributed by atoms with Crippen LogP contribution in [-0.2, 0) is 4.74 Å². The summed E-state index contributed by atoms with van der Waals surface area (Å²) >= 11 is 0. The summed E-state index contributed by atoms with van der Waals surface area (Å²) in [5, 5.41) is 0. The molecule has 94 valence electrons. The molecule has 0 saturated carbocycles. The summed E-state index contributed by atoms with van der Waals surface area (Å²) in [4.78, 5) is 0. The molecule has 0 bridgehead atoms. The van der Waals surface area contributed by atoms with Gasteiger partial charge in [-0.1, -0.05) is 45.1 Å². The van der Waals surface area contributed by atoms with Gasteiger partial charge in [0.15, 0.2) is 0 Å². The van der Waals surface area contributed by atoms with Crippen molar-refractivity contribution in [2.24, 2.45) is 0 Å². The van der Waals surface area contributed by atoms with Gasteiger partial charge in [-0.3, -0.25) is 0 Å². The lowest BCUT2D eigenvalue weighted by Crippen LogP contribution is -2.27. The first-order valence-electron chi connectivity index (χ1n) is 7.13. The van der Waals surface area contributed by atoms with Gasteiger partial charge in [-0.25, -0.2) is 0 Å². The second-order valence-corrected chi connectivity index (χ2v) is 5.04. The highest BCUT2D eigenvalue weighted by molar-refractivity contribution is 4.78. The van der Waals surface area contributed by atoms with E-state index in [1.165, 1.54) is 57.8 Å². The molecule has 0 aromatic rings. The lowest BCUT2D eigenvalue weighted by molar-refractivity contribution is -0.0517. The van der Waals surface area contributed by atoms with Crippen LogP contribution in [0.1, 0.15) is 71.1 Å². The molecule has 0 radical (unpaired) electrons. The smallest absolute Gasteiger partial charge is 0.0613 e. The van der Waals surface area contributed by atoms with E-state index in [1.807, 2.05) is 6.08 Å². The van der Waals surface area contributed by atoms with Crippen molar-refractivity contribution in [3.63, 3.8) is 0 Å². The average molecular weight is 224 g/mol. The molecule has 0 unspecified atom stereocenters. The second-order valence-electron chi connectivity index (χ2n) is 5.04. The van der Waals surface area contributed by atoms with Crippen molar-refractivity contribution in [3.8, 4) is 0 Å². The summed E-state index contributed by atoms with van der Waals surface area (Å²) in [7, 11) is 0.